The average Bonchev–Trinajstić information content (AvgIpc) is 2.93. The summed E-state index contributed by atoms with van der Waals surface area (Å²) in [5.41, 5.74) is 0.937. The molecule has 2 amide bonds. The molecule has 0 saturated carbocycles. The van der Waals surface area contributed by atoms with Gasteiger partial charge < -0.3 is 4.57 Å². The Labute approximate surface area is 119 Å². The van der Waals surface area contributed by atoms with E-state index in [0.29, 0.717) is 10.9 Å². The van der Waals surface area contributed by atoms with Gasteiger partial charge in [0, 0.05) is 32.3 Å². The number of nitro benzene ring substituents is 1. The lowest BCUT2D eigenvalue weighted by Gasteiger charge is -2.10. The molecule has 0 N–H and O–H groups in total. The fourth-order valence-electron chi connectivity index (χ4n) is 2.84. The van der Waals surface area contributed by atoms with Gasteiger partial charge in [0.2, 0.25) is 11.8 Å². The number of amides is 2. The number of nitro groups is 1. The van der Waals surface area contributed by atoms with Crippen molar-refractivity contribution in [2.24, 2.45) is 7.05 Å². The van der Waals surface area contributed by atoms with Crippen LogP contribution in [0.4, 0.5) is 5.69 Å². The molecule has 1 atom stereocenters. The quantitative estimate of drug-likeness (QED) is 0.476. The molecule has 1 aromatic heterocycles. The van der Waals surface area contributed by atoms with Gasteiger partial charge in [0.1, 0.15) is 0 Å². The lowest BCUT2D eigenvalue weighted by atomic mass is 9.94. The Morgan fingerprint density at radius 3 is 2.52 bits per heavy atom. The summed E-state index contributed by atoms with van der Waals surface area (Å²) < 4.78 is 1.78. The van der Waals surface area contributed by atoms with Gasteiger partial charge in [-0.2, -0.15) is 0 Å². The van der Waals surface area contributed by atoms with E-state index in [9.17, 15) is 19.7 Å². The SMILES string of the molecule is CN1C(=O)CC(c2ccc3c(ccn3C)c2[N+](=O)[O-])C1=O. The van der Waals surface area contributed by atoms with E-state index in [2.05, 4.69) is 0 Å². The predicted octanol–water partition coefficient (Wildman–Crippen LogP) is 1.56. The number of carbonyl (C=O) groups excluding carboxylic acids is 2. The number of aromatic nitrogens is 1. The maximum atomic E-state index is 12.1. The Bertz CT molecular complexity index is 793. The normalized spacial score (nSPS) is 18.8. The standard InChI is InChI=1S/C14H13N3O4/c1-15-6-5-9-11(15)4-3-8(13(9)17(20)21)10-7-12(18)16(2)14(10)19/h3-6,10H,7H2,1-2H3. The van der Waals surface area contributed by atoms with Crippen molar-refractivity contribution < 1.29 is 14.5 Å². The number of hydrogen-bond donors (Lipinski definition) is 0. The molecule has 2 heterocycles. The summed E-state index contributed by atoms with van der Waals surface area (Å²) in [6.45, 7) is 0. The molecule has 7 heteroatoms. The molecule has 2 aromatic rings. The number of benzene rings is 1. The first kappa shape index (κ1) is 13.3. The van der Waals surface area contributed by atoms with Crippen LogP contribution in [-0.2, 0) is 16.6 Å². The van der Waals surface area contributed by atoms with E-state index < -0.39 is 16.7 Å². The molecule has 108 valence electrons. The van der Waals surface area contributed by atoms with Gasteiger partial charge >= 0.3 is 0 Å². The van der Waals surface area contributed by atoms with Crippen LogP contribution in [0.2, 0.25) is 0 Å². The summed E-state index contributed by atoms with van der Waals surface area (Å²) in [7, 11) is 3.20. The van der Waals surface area contributed by atoms with Gasteiger partial charge in [-0.3, -0.25) is 24.6 Å². The molecule has 0 aliphatic carbocycles. The van der Waals surface area contributed by atoms with E-state index in [1.54, 1.807) is 36.0 Å². The molecule has 1 aliphatic rings. The molecule has 0 bridgehead atoms. The van der Waals surface area contributed by atoms with Crippen molar-refractivity contribution in [2.45, 2.75) is 12.3 Å². The molecule has 1 saturated heterocycles. The number of imide groups is 1. The smallest absolute Gasteiger partial charge is 0.282 e. The zero-order valence-electron chi connectivity index (χ0n) is 11.6. The molecular weight excluding hydrogens is 274 g/mol. The monoisotopic (exact) mass is 287 g/mol. The second-order valence-corrected chi connectivity index (χ2v) is 5.17. The van der Waals surface area contributed by atoms with Crippen molar-refractivity contribution in [1.82, 2.24) is 9.47 Å². The zero-order valence-corrected chi connectivity index (χ0v) is 11.6. The summed E-state index contributed by atoms with van der Waals surface area (Å²) >= 11 is 0. The van der Waals surface area contributed by atoms with Crippen molar-refractivity contribution in [3.63, 3.8) is 0 Å². The zero-order chi connectivity index (χ0) is 15.3. The highest BCUT2D eigenvalue weighted by molar-refractivity contribution is 6.07. The van der Waals surface area contributed by atoms with Crippen LogP contribution in [0, 0.1) is 10.1 Å². The minimum atomic E-state index is -0.771. The van der Waals surface area contributed by atoms with Gasteiger partial charge in [-0.05, 0) is 18.2 Å². The fourth-order valence-corrected chi connectivity index (χ4v) is 2.84. The lowest BCUT2D eigenvalue weighted by molar-refractivity contribution is -0.383. The first-order valence-electron chi connectivity index (χ1n) is 6.44. The molecule has 1 aromatic carbocycles. The van der Waals surface area contributed by atoms with Crippen LogP contribution >= 0.6 is 0 Å². The van der Waals surface area contributed by atoms with Crippen LogP contribution in [0.1, 0.15) is 17.9 Å². The molecule has 3 rings (SSSR count). The Kier molecular flexibility index (Phi) is 2.79. The maximum Gasteiger partial charge on any atom is 0.282 e. The Balaban J connectivity index is 2.24. The van der Waals surface area contributed by atoms with Crippen molar-refractivity contribution in [1.29, 1.82) is 0 Å². The van der Waals surface area contributed by atoms with Gasteiger partial charge in [0.05, 0.1) is 21.7 Å². The highest BCUT2D eigenvalue weighted by Gasteiger charge is 2.40. The van der Waals surface area contributed by atoms with Crippen LogP contribution < -0.4 is 0 Å². The van der Waals surface area contributed by atoms with E-state index in [1.165, 1.54) is 7.05 Å². The topological polar surface area (TPSA) is 85.4 Å². The van der Waals surface area contributed by atoms with Gasteiger partial charge in [-0.15, -0.1) is 0 Å². The molecule has 21 heavy (non-hydrogen) atoms. The van der Waals surface area contributed by atoms with Crippen LogP contribution in [0.5, 0.6) is 0 Å². The average molecular weight is 287 g/mol. The number of aryl methyl sites for hydroxylation is 1. The molecular formula is C14H13N3O4. The largest absolute Gasteiger partial charge is 0.350 e. The fraction of sp³-hybridized carbons (Fsp3) is 0.286. The number of carbonyl (C=O) groups is 2. The summed E-state index contributed by atoms with van der Waals surface area (Å²) in [4.78, 5) is 35.8. The third-order valence-electron chi connectivity index (χ3n) is 4.01. The van der Waals surface area contributed by atoms with Crippen molar-refractivity contribution in [3.05, 3.63) is 40.1 Å². The maximum absolute atomic E-state index is 12.1. The summed E-state index contributed by atoms with van der Waals surface area (Å²) in [5.74, 6) is -1.47. The predicted molar refractivity (Wildman–Crippen MR) is 74.7 cm³/mol. The van der Waals surface area contributed by atoms with E-state index in [-0.39, 0.29) is 18.0 Å². The molecule has 7 nitrogen and oxygen atoms in total. The lowest BCUT2D eigenvalue weighted by Crippen LogP contribution is -2.25. The van der Waals surface area contributed by atoms with E-state index in [0.717, 1.165) is 10.4 Å². The number of rotatable bonds is 2. The van der Waals surface area contributed by atoms with Crippen LogP contribution in [-0.4, -0.2) is 33.3 Å². The highest BCUT2D eigenvalue weighted by Crippen LogP contribution is 2.39. The molecule has 1 aliphatic heterocycles. The molecule has 1 unspecified atom stereocenters. The van der Waals surface area contributed by atoms with E-state index in [1.807, 2.05) is 0 Å². The molecule has 1 fully saturated rings. The Morgan fingerprint density at radius 2 is 1.95 bits per heavy atom. The Morgan fingerprint density at radius 1 is 1.24 bits per heavy atom. The summed E-state index contributed by atoms with van der Waals surface area (Å²) in [6, 6.07) is 4.98. The van der Waals surface area contributed by atoms with Crippen LogP contribution in [0.25, 0.3) is 10.9 Å². The number of fused-ring (bicyclic) bond motifs is 1. The first-order valence-corrected chi connectivity index (χ1v) is 6.44. The second kappa shape index (κ2) is 4.41. The van der Waals surface area contributed by atoms with E-state index >= 15 is 0 Å². The Hall–Kier alpha value is -2.70. The van der Waals surface area contributed by atoms with Gasteiger partial charge in [0.25, 0.3) is 5.69 Å². The molecule has 0 radical (unpaired) electrons. The van der Waals surface area contributed by atoms with Crippen LogP contribution in [0.15, 0.2) is 24.4 Å². The summed E-state index contributed by atoms with van der Waals surface area (Å²) in [6.07, 6.45) is 1.71. The third-order valence-corrected chi connectivity index (χ3v) is 4.01. The third kappa shape index (κ3) is 1.81. The van der Waals surface area contributed by atoms with Crippen molar-refractivity contribution >= 4 is 28.4 Å². The number of hydrogen-bond acceptors (Lipinski definition) is 4. The second-order valence-electron chi connectivity index (χ2n) is 5.17. The van der Waals surface area contributed by atoms with Gasteiger partial charge in [0.15, 0.2) is 0 Å². The van der Waals surface area contributed by atoms with Crippen LogP contribution in [0.3, 0.4) is 0 Å². The van der Waals surface area contributed by atoms with Crippen molar-refractivity contribution in [3.8, 4) is 0 Å². The minimum Gasteiger partial charge on any atom is -0.350 e. The highest BCUT2D eigenvalue weighted by atomic mass is 16.6. The van der Waals surface area contributed by atoms with Gasteiger partial charge in [-0.25, -0.2) is 0 Å². The molecule has 0 spiro atoms. The van der Waals surface area contributed by atoms with E-state index in [4.69, 9.17) is 0 Å². The summed E-state index contributed by atoms with van der Waals surface area (Å²) in [5, 5.41) is 11.9. The number of nitrogens with zero attached hydrogens (tertiary/aromatic N) is 3. The van der Waals surface area contributed by atoms with Gasteiger partial charge in [-0.1, -0.05) is 0 Å². The number of likely N-dealkylation sites (N-methyl/N-ethyl adjacent to an activating group) is 1. The van der Waals surface area contributed by atoms with Crippen molar-refractivity contribution in [2.75, 3.05) is 7.05 Å². The first-order chi connectivity index (χ1) is 9.91. The minimum absolute atomic E-state index is 0.0193. The number of likely N-dealkylation sites (tertiary alicyclic amines) is 1.